The van der Waals surface area contributed by atoms with Crippen molar-refractivity contribution in [2.75, 3.05) is 13.6 Å². The zero-order valence-electron chi connectivity index (χ0n) is 12.8. The van der Waals surface area contributed by atoms with E-state index < -0.39 is 0 Å². The Morgan fingerprint density at radius 3 is 2.68 bits per heavy atom. The molecule has 0 aliphatic heterocycles. The number of thiophene rings is 1. The molecule has 0 saturated carbocycles. The van der Waals surface area contributed by atoms with Crippen LogP contribution < -0.4 is 10.6 Å². The first-order valence-electron chi connectivity index (χ1n) is 6.93. The molecule has 3 nitrogen and oxygen atoms in total. The number of nitrogens with zero attached hydrogens (tertiary/aromatic N) is 1. The summed E-state index contributed by atoms with van der Waals surface area (Å²) >= 11 is 1.77. The molecule has 1 rings (SSSR count). The number of hydrogen-bond donors (Lipinski definition) is 2. The average molecular weight is 281 g/mol. The SMILES string of the molecule is CN=C(NCCCC(C)(C)C)NC(C)c1cccs1. The zero-order chi connectivity index (χ0) is 14.3. The molecule has 0 saturated heterocycles. The van der Waals surface area contributed by atoms with Gasteiger partial charge in [-0.1, -0.05) is 26.8 Å². The van der Waals surface area contributed by atoms with Gasteiger partial charge in [-0.25, -0.2) is 0 Å². The summed E-state index contributed by atoms with van der Waals surface area (Å²) in [5, 5.41) is 8.90. The largest absolute Gasteiger partial charge is 0.356 e. The lowest BCUT2D eigenvalue weighted by Gasteiger charge is -2.20. The van der Waals surface area contributed by atoms with E-state index >= 15 is 0 Å². The molecule has 1 aromatic rings. The predicted octanol–water partition coefficient (Wildman–Crippen LogP) is 3.80. The fraction of sp³-hybridized carbons (Fsp3) is 0.667. The van der Waals surface area contributed by atoms with E-state index in [4.69, 9.17) is 0 Å². The number of nitrogens with one attached hydrogen (secondary N) is 2. The molecule has 0 fully saturated rings. The van der Waals surface area contributed by atoms with E-state index in [0.29, 0.717) is 11.5 Å². The quantitative estimate of drug-likeness (QED) is 0.489. The van der Waals surface area contributed by atoms with Gasteiger partial charge < -0.3 is 10.6 Å². The van der Waals surface area contributed by atoms with E-state index in [2.05, 4.69) is 60.8 Å². The van der Waals surface area contributed by atoms with Gasteiger partial charge in [0.2, 0.25) is 0 Å². The van der Waals surface area contributed by atoms with Crippen LogP contribution in [0.4, 0.5) is 0 Å². The maximum Gasteiger partial charge on any atom is 0.191 e. The van der Waals surface area contributed by atoms with Crippen molar-refractivity contribution in [2.45, 2.75) is 46.6 Å². The summed E-state index contributed by atoms with van der Waals surface area (Å²) in [6.45, 7) is 9.96. The molecule has 0 bridgehead atoms. The van der Waals surface area contributed by atoms with Crippen molar-refractivity contribution in [3.8, 4) is 0 Å². The van der Waals surface area contributed by atoms with Crippen molar-refractivity contribution < 1.29 is 0 Å². The van der Waals surface area contributed by atoms with E-state index in [-0.39, 0.29) is 0 Å². The second-order valence-corrected chi connectivity index (χ2v) is 7.02. The van der Waals surface area contributed by atoms with Gasteiger partial charge in [0.25, 0.3) is 0 Å². The standard InChI is InChI=1S/C15H27N3S/c1-12(13-8-6-11-19-13)18-14(16-5)17-10-7-9-15(2,3)4/h6,8,11-12H,7,9-10H2,1-5H3,(H2,16,17,18). The molecule has 0 aliphatic rings. The monoisotopic (exact) mass is 281 g/mol. The highest BCUT2D eigenvalue weighted by Crippen LogP contribution is 2.20. The molecule has 0 aromatic carbocycles. The van der Waals surface area contributed by atoms with Crippen molar-refractivity contribution in [3.63, 3.8) is 0 Å². The van der Waals surface area contributed by atoms with Crippen LogP contribution in [-0.4, -0.2) is 19.6 Å². The molecule has 19 heavy (non-hydrogen) atoms. The summed E-state index contributed by atoms with van der Waals surface area (Å²) in [7, 11) is 1.82. The highest BCUT2D eigenvalue weighted by molar-refractivity contribution is 7.10. The third-order valence-electron chi connectivity index (χ3n) is 2.94. The predicted molar refractivity (Wildman–Crippen MR) is 85.9 cm³/mol. The summed E-state index contributed by atoms with van der Waals surface area (Å²) in [5.74, 6) is 0.884. The lowest BCUT2D eigenvalue weighted by Crippen LogP contribution is -2.39. The van der Waals surface area contributed by atoms with Crippen LogP contribution in [0.5, 0.6) is 0 Å². The summed E-state index contributed by atoms with van der Waals surface area (Å²) in [5.41, 5.74) is 0.406. The van der Waals surface area contributed by atoms with Crippen LogP contribution in [-0.2, 0) is 0 Å². The minimum absolute atomic E-state index is 0.300. The van der Waals surface area contributed by atoms with Crippen LogP contribution in [0.1, 0.15) is 51.5 Å². The van der Waals surface area contributed by atoms with Crippen LogP contribution in [0.3, 0.4) is 0 Å². The summed E-state index contributed by atoms with van der Waals surface area (Å²) in [6.07, 6.45) is 2.38. The fourth-order valence-corrected chi connectivity index (χ4v) is 2.57. The minimum atomic E-state index is 0.300. The fourth-order valence-electron chi connectivity index (χ4n) is 1.83. The Morgan fingerprint density at radius 2 is 2.16 bits per heavy atom. The molecule has 1 atom stereocenters. The smallest absolute Gasteiger partial charge is 0.191 e. The molecule has 0 amide bonds. The second kappa shape index (κ2) is 7.53. The van der Waals surface area contributed by atoms with Gasteiger partial charge in [0, 0.05) is 18.5 Å². The Bertz CT molecular complexity index is 377. The highest BCUT2D eigenvalue weighted by atomic mass is 32.1. The minimum Gasteiger partial charge on any atom is -0.356 e. The number of rotatable bonds is 5. The summed E-state index contributed by atoms with van der Waals surface area (Å²) in [6, 6.07) is 4.53. The van der Waals surface area contributed by atoms with Crippen molar-refractivity contribution in [1.82, 2.24) is 10.6 Å². The van der Waals surface area contributed by atoms with Gasteiger partial charge in [-0.3, -0.25) is 4.99 Å². The molecule has 4 heteroatoms. The Hall–Kier alpha value is -1.03. The molecule has 108 valence electrons. The van der Waals surface area contributed by atoms with Crippen LogP contribution >= 0.6 is 11.3 Å². The molecule has 1 unspecified atom stereocenters. The van der Waals surface area contributed by atoms with Gasteiger partial charge >= 0.3 is 0 Å². The number of aliphatic imine (C=N–C) groups is 1. The lowest BCUT2D eigenvalue weighted by atomic mass is 9.91. The van der Waals surface area contributed by atoms with E-state index in [1.807, 2.05) is 7.05 Å². The third kappa shape index (κ3) is 6.62. The molecule has 1 aromatic heterocycles. The van der Waals surface area contributed by atoms with Gasteiger partial charge in [0.15, 0.2) is 5.96 Å². The maximum absolute atomic E-state index is 4.27. The maximum atomic E-state index is 4.27. The van der Waals surface area contributed by atoms with Gasteiger partial charge in [0.05, 0.1) is 6.04 Å². The van der Waals surface area contributed by atoms with Gasteiger partial charge in [-0.15, -0.1) is 11.3 Å². The molecule has 0 radical (unpaired) electrons. The topological polar surface area (TPSA) is 36.4 Å². The van der Waals surface area contributed by atoms with Gasteiger partial charge in [0.1, 0.15) is 0 Å². The van der Waals surface area contributed by atoms with Gasteiger partial charge in [-0.05, 0) is 36.6 Å². The van der Waals surface area contributed by atoms with E-state index in [0.717, 1.165) is 18.9 Å². The van der Waals surface area contributed by atoms with E-state index in [9.17, 15) is 0 Å². The van der Waals surface area contributed by atoms with Gasteiger partial charge in [-0.2, -0.15) is 0 Å². The summed E-state index contributed by atoms with van der Waals surface area (Å²) < 4.78 is 0. The first-order valence-corrected chi connectivity index (χ1v) is 7.81. The van der Waals surface area contributed by atoms with E-state index in [1.165, 1.54) is 11.3 Å². The Labute approximate surface area is 121 Å². The summed E-state index contributed by atoms with van der Waals surface area (Å²) in [4.78, 5) is 5.60. The first-order chi connectivity index (χ1) is 8.92. The molecule has 1 heterocycles. The number of hydrogen-bond acceptors (Lipinski definition) is 2. The normalized spacial score (nSPS) is 14.3. The second-order valence-electron chi connectivity index (χ2n) is 6.04. The third-order valence-corrected chi connectivity index (χ3v) is 4.00. The highest BCUT2D eigenvalue weighted by Gasteiger charge is 2.10. The van der Waals surface area contributed by atoms with Crippen molar-refractivity contribution in [2.24, 2.45) is 10.4 Å². The van der Waals surface area contributed by atoms with Crippen LogP contribution in [0.2, 0.25) is 0 Å². The number of guanidine groups is 1. The van der Waals surface area contributed by atoms with Crippen LogP contribution in [0.15, 0.2) is 22.5 Å². The molecule has 0 aliphatic carbocycles. The van der Waals surface area contributed by atoms with Crippen LogP contribution in [0.25, 0.3) is 0 Å². The first kappa shape index (κ1) is 16.0. The Balaban J connectivity index is 2.31. The molecule has 2 N–H and O–H groups in total. The zero-order valence-corrected chi connectivity index (χ0v) is 13.6. The lowest BCUT2D eigenvalue weighted by molar-refractivity contribution is 0.365. The van der Waals surface area contributed by atoms with Crippen molar-refractivity contribution >= 4 is 17.3 Å². The van der Waals surface area contributed by atoms with Crippen molar-refractivity contribution in [1.29, 1.82) is 0 Å². The van der Waals surface area contributed by atoms with E-state index in [1.54, 1.807) is 11.3 Å². The Kier molecular flexibility index (Phi) is 6.35. The molecular weight excluding hydrogens is 254 g/mol. The molecular formula is C15H27N3S. The Morgan fingerprint density at radius 1 is 1.42 bits per heavy atom. The average Bonchev–Trinajstić information content (AvgIpc) is 2.85. The molecule has 0 spiro atoms. The van der Waals surface area contributed by atoms with Crippen molar-refractivity contribution in [3.05, 3.63) is 22.4 Å². The van der Waals surface area contributed by atoms with Crippen LogP contribution in [0, 0.1) is 5.41 Å².